The van der Waals surface area contributed by atoms with Gasteiger partial charge in [0.25, 0.3) is 11.8 Å². The number of nitrogens with one attached hydrogen (secondary N) is 2. The van der Waals surface area contributed by atoms with Crippen LogP contribution in [0.5, 0.6) is 5.75 Å². The summed E-state index contributed by atoms with van der Waals surface area (Å²) >= 11 is 18.0. The first-order valence-electron chi connectivity index (χ1n) is 11.9. The Morgan fingerprint density at radius 3 is 2.36 bits per heavy atom. The number of furan rings is 1. The molecule has 0 saturated carbocycles. The summed E-state index contributed by atoms with van der Waals surface area (Å²) in [6.07, 6.45) is 0.684. The van der Waals surface area contributed by atoms with E-state index in [4.69, 9.17) is 44.0 Å². The first-order valence-corrected chi connectivity index (χ1v) is 13.1. The molecule has 4 rings (SSSR count). The molecule has 0 unspecified atom stereocenters. The molecule has 1 heterocycles. The van der Waals surface area contributed by atoms with E-state index < -0.39 is 24.0 Å². The number of halogens is 3. The molecular formula is C29H24Cl3N3O4. The van der Waals surface area contributed by atoms with Gasteiger partial charge in [-0.1, -0.05) is 65.1 Å². The van der Waals surface area contributed by atoms with E-state index in [1.807, 2.05) is 42.5 Å². The fourth-order valence-corrected chi connectivity index (χ4v) is 4.17. The largest absolute Gasteiger partial charge is 0.479 e. The molecule has 7 nitrogen and oxygen atoms in total. The number of ether oxygens (including phenoxy) is 1. The third kappa shape index (κ3) is 8.10. The highest BCUT2D eigenvalue weighted by Crippen LogP contribution is 2.28. The van der Waals surface area contributed by atoms with Crippen LogP contribution in [0.25, 0.3) is 11.3 Å². The number of hydrogen-bond donors (Lipinski definition) is 2. The minimum Gasteiger partial charge on any atom is -0.479 e. The summed E-state index contributed by atoms with van der Waals surface area (Å²) in [7, 11) is 0. The van der Waals surface area contributed by atoms with Gasteiger partial charge in [-0.15, -0.1) is 0 Å². The number of rotatable bonds is 10. The SMILES string of the molecule is C[C@H](Oc1ccc(Cl)cc1Cl)C(=O)N[C@H](Cc1ccccc1)C(=O)N/N=C\c1ccc(-c2ccc(Cl)cc2)o1. The number of carbonyl (C=O) groups excluding carboxylic acids is 2. The van der Waals surface area contributed by atoms with Gasteiger partial charge >= 0.3 is 0 Å². The van der Waals surface area contributed by atoms with Crippen LogP contribution in [0.15, 0.2) is 94.4 Å². The van der Waals surface area contributed by atoms with E-state index in [2.05, 4.69) is 15.8 Å². The Morgan fingerprint density at radius 1 is 0.923 bits per heavy atom. The van der Waals surface area contributed by atoms with Crippen molar-refractivity contribution < 1.29 is 18.7 Å². The molecule has 0 spiro atoms. The van der Waals surface area contributed by atoms with Crippen LogP contribution in [0, 0.1) is 0 Å². The van der Waals surface area contributed by atoms with Gasteiger partial charge in [-0.2, -0.15) is 5.10 Å². The number of carbonyl (C=O) groups is 2. The summed E-state index contributed by atoms with van der Waals surface area (Å²) in [6, 6.07) is 23.8. The quantitative estimate of drug-likeness (QED) is 0.163. The molecule has 0 radical (unpaired) electrons. The van der Waals surface area contributed by atoms with Gasteiger partial charge in [-0.3, -0.25) is 9.59 Å². The lowest BCUT2D eigenvalue weighted by Gasteiger charge is -2.21. The van der Waals surface area contributed by atoms with Crippen molar-refractivity contribution in [2.45, 2.75) is 25.5 Å². The zero-order valence-electron chi connectivity index (χ0n) is 20.7. The molecule has 0 aliphatic carbocycles. The summed E-state index contributed by atoms with van der Waals surface area (Å²) in [5.41, 5.74) is 4.19. The van der Waals surface area contributed by atoms with Gasteiger partial charge in [-0.05, 0) is 67.1 Å². The maximum atomic E-state index is 13.0. The van der Waals surface area contributed by atoms with Crippen LogP contribution in [0.3, 0.4) is 0 Å². The Labute approximate surface area is 240 Å². The minimum absolute atomic E-state index is 0.240. The zero-order chi connectivity index (χ0) is 27.8. The minimum atomic E-state index is -0.937. The third-order valence-corrected chi connectivity index (χ3v) is 6.39. The molecule has 0 fully saturated rings. The summed E-state index contributed by atoms with van der Waals surface area (Å²) in [4.78, 5) is 26.0. The maximum absolute atomic E-state index is 13.0. The lowest BCUT2D eigenvalue weighted by atomic mass is 10.1. The van der Waals surface area contributed by atoms with Crippen molar-refractivity contribution >= 4 is 52.8 Å². The average molecular weight is 585 g/mol. The van der Waals surface area contributed by atoms with Crippen LogP contribution in [0.2, 0.25) is 15.1 Å². The Hall–Kier alpha value is -3.78. The average Bonchev–Trinajstić information content (AvgIpc) is 3.39. The van der Waals surface area contributed by atoms with E-state index in [9.17, 15) is 9.59 Å². The molecule has 10 heteroatoms. The molecule has 0 saturated heterocycles. The fourth-order valence-electron chi connectivity index (χ4n) is 3.59. The van der Waals surface area contributed by atoms with Crippen molar-refractivity contribution in [2.75, 3.05) is 0 Å². The second-order valence-electron chi connectivity index (χ2n) is 8.53. The number of hydrogen-bond acceptors (Lipinski definition) is 5. The summed E-state index contributed by atoms with van der Waals surface area (Å²) in [5.74, 6) is 0.354. The highest BCUT2D eigenvalue weighted by atomic mass is 35.5. The van der Waals surface area contributed by atoms with Crippen LogP contribution >= 0.6 is 34.8 Å². The Bertz CT molecular complexity index is 1460. The summed E-state index contributed by atoms with van der Waals surface area (Å²) in [6.45, 7) is 1.56. The van der Waals surface area contributed by atoms with Crippen molar-refractivity contribution in [1.82, 2.24) is 10.7 Å². The molecule has 0 aliphatic heterocycles. The Kier molecular flexibility index (Phi) is 9.65. The molecular weight excluding hydrogens is 561 g/mol. The lowest BCUT2D eigenvalue weighted by Crippen LogP contribution is -2.50. The molecule has 39 heavy (non-hydrogen) atoms. The second-order valence-corrected chi connectivity index (χ2v) is 9.81. The number of amides is 2. The van der Waals surface area contributed by atoms with Gasteiger partial charge in [0, 0.05) is 22.0 Å². The van der Waals surface area contributed by atoms with Crippen molar-refractivity contribution in [3.63, 3.8) is 0 Å². The number of benzene rings is 3. The van der Waals surface area contributed by atoms with Crippen LogP contribution in [0.1, 0.15) is 18.2 Å². The molecule has 0 aliphatic rings. The smallest absolute Gasteiger partial charge is 0.262 e. The first kappa shape index (κ1) is 28.2. The molecule has 200 valence electrons. The molecule has 2 N–H and O–H groups in total. The van der Waals surface area contributed by atoms with Crippen LogP contribution in [0.4, 0.5) is 0 Å². The van der Waals surface area contributed by atoms with Gasteiger partial charge in [0.2, 0.25) is 0 Å². The van der Waals surface area contributed by atoms with E-state index in [1.165, 1.54) is 12.3 Å². The standard InChI is InChI=1S/C29H24Cl3N3O4/c1-18(38-27-13-11-22(31)16-24(27)32)28(36)34-25(15-19-5-3-2-4-6-19)29(37)35-33-17-23-12-14-26(39-23)20-7-9-21(30)10-8-20/h2-14,16-18,25H,15H2,1H3,(H,34,36)(H,35,37)/b33-17-/t18-,25+/m0/s1. The van der Waals surface area contributed by atoms with Gasteiger partial charge in [0.05, 0.1) is 11.2 Å². The van der Waals surface area contributed by atoms with Gasteiger partial charge < -0.3 is 14.5 Å². The van der Waals surface area contributed by atoms with Gasteiger partial charge in [0.15, 0.2) is 6.10 Å². The van der Waals surface area contributed by atoms with Crippen molar-refractivity contribution in [1.29, 1.82) is 0 Å². The van der Waals surface area contributed by atoms with Gasteiger partial charge in [0.1, 0.15) is 23.3 Å². The van der Waals surface area contributed by atoms with Crippen LogP contribution < -0.4 is 15.5 Å². The zero-order valence-corrected chi connectivity index (χ0v) is 23.0. The second kappa shape index (κ2) is 13.3. The predicted molar refractivity (Wildman–Crippen MR) is 154 cm³/mol. The normalized spacial score (nSPS) is 12.6. The van der Waals surface area contributed by atoms with E-state index in [-0.39, 0.29) is 11.4 Å². The molecule has 3 aromatic carbocycles. The molecule has 4 aromatic rings. The number of hydrazone groups is 1. The Morgan fingerprint density at radius 2 is 1.64 bits per heavy atom. The molecule has 2 atom stereocenters. The highest BCUT2D eigenvalue weighted by Gasteiger charge is 2.25. The van der Waals surface area contributed by atoms with Crippen LogP contribution in [-0.4, -0.2) is 30.2 Å². The van der Waals surface area contributed by atoms with E-state index in [0.717, 1.165) is 11.1 Å². The first-order chi connectivity index (χ1) is 18.8. The van der Waals surface area contributed by atoms with E-state index in [0.29, 0.717) is 27.3 Å². The topological polar surface area (TPSA) is 92.9 Å². The lowest BCUT2D eigenvalue weighted by molar-refractivity contribution is -0.132. The van der Waals surface area contributed by atoms with E-state index >= 15 is 0 Å². The monoisotopic (exact) mass is 583 g/mol. The van der Waals surface area contributed by atoms with Crippen molar-refractivity contribution in [3.8, 4) is 17.1 Å². The molecule has 2 amide bonds. The molecule has 0 bridgehead atoms. The fraction of sp³-hybridized carbons (Fsp3) is 0.138. The summed E-state index contributed by atoms with van der Waals surface area (Å²) < 4.78 is 11.5. The third-order valence-electron chi connectivity index (χ3n) is 5.60. The van der Waals surface area contributed by atoms with E-state index in [1.54, 1.807) is 43.3 Å². The summed E-state index contributed by atoms with van der Waals surface area (Å²) in [5, 5.41) is 8.10. The predicted octanol–water partition coefficient (Wildman–Crippen LogP) is 6.55. The van der Waals surface area contributed by atoms with Crippen molar-refractivity contribution in [2.24, 2.45) is 5.10 Å². The van der Waals surface area contributed by atoms with Gasteiger partial charge in [-0.25, -0.2) is 5.43 Å². The number of nitrogens with zero attached hydrogens (tertiary/aromatic N) is 1. The highest BCUT2D eigenvalue weighted by molar-refractivity contribution is 6.35. The van der Waals surface area contributed by atoms with Crippen LogP contribution in [-0.2, 0) is 16.0 Å². The molecule has 1 aromatic heterocycles. The maximum Gasteiger partial charge on any atom is 0.262 e. The Balaban J connectivity index is 1.41. The van der Waals surface area contributed by atoms with Crippen molar-refractivity contribution in [3.05, 3.63) is 111 Å².